The lowest BCUT2D eigenvalue weighted by Crippen LogP contribution is -2.33. The van der Waals surface area contributed by atoms with E-state index in [0.717, 1.165) is 16.8 Å². The number of nitrogens with zero attached hydrogens (tertiary/aromatic N) is 1. The first-order valence-electron chi connectivity index (χ1n) is 7.91. The van der Waals surface area contributed by atoms with Crippen LogP contribution in [-0.4, -0.2) is 18.4 Å². The highest BCUT2D eigenvalue weighted by molar-refractivity contribution is 6.31. The first-order valence-corrected chi connectivity index (χ1v) is 8.29. The molecule has 1 heterocycles. The van der Waals surface area contributed by atoms with E-state index in [1.807, 2.05) is 32.0 Å². The van der Waals surface area contributed by atoms with Gasteiger partial charge in [-0.3, -0.25) is 9.59 Å². The second-order valence-corrected chi connectivity index (χ2v) is 6.49. The van der Waals surface area contributed by atoms with Gasteiger partial charge in [-0.05, 0) is 55.7 Å². The molecular formula is C19H19ClN2O2. The van der Waals surface area contributed by atoms with Crippen molar-refractivity contribution in [2.75, 3.05) is 16.8 Å². The van der Waals surface area contributed by atoms with Crippen LogP contribution < -0.4 is 10.2 Å². The van der Waals surface area contributed by atoms with E-state index in [1.54, 1.807) is 29.2 Å². The Morgan fingerprint density at radius 3 is 2.71 bits per heavy atom. The third kappa shape index (κ3) is 3.15. The molecule has 0 radical (unpaired) electrons. The summed E-state index contributed by atoms with van der Waals surface area (Å²) >= 11 is 5.93. The summed E-state index contributed by atoms with van der Waals surface area (Å²) in [5.41, 5.74) is 3.69. The molecule has 5 heteroatoms. The molecule has 4 nitrogen and oxygen atoms in total. The van der Waals surface area contributed by atoms with Crippen LogP contribution in [0, 0.1) is 19.8 Å². The van der Waals surface area contributed by atoms with Crippen molar-refractivity contribution < 1.29 is 9.59 Å². The first kappa shape index (κ1) is 16.5. The van der Waals surface area contributed by atoms with Crippen molar-refractivity contribution in [1.82, 2.24) is 0 Å². The number of hydrogen-bond acceptors (Lipinski definition) is 2. The maximum Gasteiger partial charge on any atom is 0.239 e. The van der Waals surface area contributed by atoms with Gasteiger partial charge in [0.1, 0.15) is 5.92 Å². The van der Waals surface area contributed by atoms with Crippen LogP contribution in [0.4, 0.5) is 11.4 Å². The summed E-state index contributed by atoms with van der Waals surface area (Å²) in [7, 11) is 0. The van der Waals surface area contributed by atoms with E-state index in [-0.39, 0.29) is 11.8 Å². The summed E-state index contributed by atoms with van der Waals surface area (Å²) in [4.78, 5) is 26.9. The van der Waals surface area contributed by atoms with E-state index < -0.39 is 5.92 Å². The van der Waals surface area contributed by atoms with Crippen molar-refractivity contribution in [1.29, 1.82) is 0 Å². The van der Waals surface area contributed by atoms with E-state index in [9.17, 15) is 9.59 Å². The zero-order chi connectivity index (χ0) is 17.3. The van der Waals surface area contributed by atoms with Crippen molar-refractivity contribution in [3.8, 4) is 0 Å². The third-order valence-corrected chi connectivity index (χ3v) is 4.72. The summed E-state index contributed by atoms with van der Waals surface area (Å²) in [5, 5.41) is 3.33. The average Bonchev–Trinajstić information content (AvgIpc) is 2.92. The minimum Gasteiger partial charge on any atom is -0.325 e. The van der Waals surface area contributed by atoms with Gasteiger partial charge in [-0.15, -0.1) is 0 Å². The van der Waals surface area contributed by atoms with Gasteiger partial charge in [0, 0.05) is 22.9 Å². The van der Waals surface area contributed by atoms with Gasteiger partial charge in [-0.1, -0.05) is 29.8 Å². The highest BCUT2D eigenvalue weighted by atomic mass is 35.5. The molecule has 24 heavy (non-hydrogen) atoms. The molecule has 2 amide bonds. The van der Waals surface area contributed by atoms with Crippen LogP contribution in [0.15, 0.2) is 42.5 Å². The van der Waals surface area contributed by atoms with E-state index >= 15 is 0 Å². The molecule has 1 atom stereocenters. The van der Waals surface area contributed by atoms with Gasteiger partial charge in [0.25, 0.3) is 0 Å². The minimum atomic E-state index is -0.663. The fourth-order valence-electron chi connectivity index (χ4n) is 2.99. The van der Waals surface area contributed by atoms with Gasteiger partial charge in [-0.25, -0.2) is 0 Å². The summed E-state index contributed by atoms with van der Waals surface area (Å²) < 4.78 is 0. The van der Waals surface area contributed by atoms with Gasteiger partial charge in [0.05, 0.1) is 0 Å². The SMILES string of the molecule is Cc1cccc(N2CCC(C(=O)Nc3cccc(Cl)c3)C2=O)c1C. The number of benzene rings is 2. The molecule has 0 bridgehead atoms. The quantitative estimate of drug-likeness (QED) is 0.859. The molecule has 2 aromatic rings. The molecular weight excluding hydrogens is 324 g/mol. The Bertz CT molecular complexity index is 804. The van der Waals surface area contributed by atoms with Crippen molar-refractivity contribution in [2.24, 2.45) is 5.92 Å². The molecule has 1 fully saturated rings. The Labute approximate surface area is 146 Å². The fourth-order valence-corrected chi connectivity index (χ4v) is 3.18. The van der Waals surface area contributed by atoms with E-state index in [4.69, 9.17) is 11.6 Å². The number of nitrogens with one attached hydrogen (secondary N) is 1. The molecule has 0 spiro atoms. The van der Waals surface area contributed by atoms with Gasteiger partial charge in [0.15, 0.2) is 0 Å². The number of carbonyl (C=O) groups is 2. The van der Waals surface area contributed by atoms with Crippen molar-refractivity contribution in [3.63, 3.8) is 0 Å². The normalized spacial score (nSPS) is 17.2. The predicted octanol–water partition coefficient (Wildman–Crippen LogP) is 3.95. The maximum absolute atomic E-state index is 12.7. The lowest BCUT2D eigenvalue weighted by atomic mass is 10.1. The van der Waals surface area contributed by atoms with E-state index in [2.05, 4.69) is 5.32 Å². The largest absolute Gasteiger partial charge is 0.325 e. The number of hydrogen-bond donors (Lipinski definition) is 1. The van der Waals surface area contributed by atoms with Gasteiger partial charge >= 0.3 is 0 Å². The Hall–Kier alpha value is -2.33. The lowest BCUT2D eigenvalue weighted by molar-refractivity contribution is -0.129. The first-order chi connectivity index (χ1) is 11.5. The lowest BCUT2D eigenvalue weighted by Gasteiger charge is -2.20. The zero-order valence-corrected chi connectivity index (χ0v) is 14.4. The molecule has 1 aliphatic heterocycles. The predicted molar refractivity (Wildman–Crippen MR) is 96.5 cm³/mol. The van der Waals surface area contributed by atoms with Crippen molar-refractivity contribution >= 4 is 34.8 Å². The fraction of sp³-hybridized carbons (Fsp3) is 0.263. The maximum atomic E-state index is 12.7. The monoisotopic (exact) mass is 342 g/mol. The van der Waals surface area contributed by atoms with Crippen LogP contribution >= 0.6 is 11.6 Å². The van der Waals surface area contributed by atoms with Crippen LogP contribution in [0.25, 0.3) is 0 Å². The Morgan fingerprint density at radius 2 is 1.96 bits per heavy atom. The summed E-state index contributed by atoms with van der Waals surface area (Å²) in [5.74, 6) is -1.10. The van der Waals surface area contributed by atoms with E-state index in [0.29, 0.717) is 23.7 Å². The molecule has 0 saturated carbocycles. The van der Waals surface area contributed by atoms with Crippen LogP contribution in [0.1, 0.15) is 17.5 Å². The highest BCUT2D eigenvalue weighted by Crippen LogP contribution is 2.30. The van der Waals surface area contributed by atoms with Crippen molar-refractivity contribution in [2.45, 2.75) is 20.3 Å². The Kier molecular flexibility index (Phi) is 4.58. The molecule has 0 aromatic heterocycles. The number of amides is 2. The number of rotatable bonds is 3. The van der Waals surface area contributed by atoms with E-state index in [1.165, 1.54) is 0 Å². The highest BCUT2D eigenvalue weighted by Gasteiger charge is 2.38. The Balaban J connectivity index is 1.76. The molecule has 1 aliphatic rings. The second-order valence-electron chi connectivity index (χ2n) is 6.05. The molecule has 3 rings (SSSR count). The standard InChI is InChI=1S/C19H19ClN2O2/c1-12-5-3-8-17(13(12)2)22-10-9-16(19(22)24)18(23)21-15-7-4-6-14(20)11-15/h3-8,11,16H,9-10H2,1-2H3,(H,21,23). The molecule has 1 unspecified atom stereocenters. The zero-order valence-electron chi connectivity index (χ0n) is 13.7. The van der Waals surface area contributed by atoms with Crippen molar-refractivity contribution in [3.05, 3.63) is 58.6 Å². The molecule has 1 N–H and O–H groups in total. The molecule has 2 aromatic carbocycles. The van der Waals surface area contributed by atoms with Crippen LogP contribution in [0.2, 0.25) is 5.02 Å². The van der Waals surface area contributed by atoms with Crippen LogP contribution in [0.3, 0.4) is 0 Å². The molecule has 0 aliphatic carbocycles. The average molecular weight is 343 g/mol. The molecule has 124 valence electrons. The van der Waals surface area contributed by atoms with Gasteiger partial charge in [0.2, 0.25) is 11.8 Å². The van der Waals surface area contributed by atoms with Gasteiger partial charge in [-0.2, -0.15) is 0 Å². The summed E-state index contributed by atoms with van der Waals surface area (Å²) in [6.07, 6.45) is 0.513. The van der Waals surface area contributed by atoms with Gasteiger partial charge < -0.3 is 10.2 Å². The Morgan fingerprint density at radius 1 is 1.21 bits per heavy atom. The smallest absolute Gasteiger partial charge is 0.239 e. The molecule has 1 saturated heterocycles. The number of anilines is 2. The third-order valence-electron chi connectivity index (χ3n) is 4.48. The number of carbonyl (C=O) groups excluding carboxylic acids is 2. The number of aryl methyl sites for hydroxylation is 1. The second kappa shape index (κ2) is 6.65. The number of halogens is 1. The summed E-state index contributed by atoms with van der Waals surface area (Å²) in [6, 6.07) is 12.8. The minimum absolute atomic E-state index is 0.150. The topological polar surface area (TPSA) is 49.4 Å². The van der Waals surface area contributed by atoms with Crippen LogP contribution in [0.5, 0.6) is 0 Å². The van der Waals surface area contributed by atoms with Crippen LogP contribution in [-0.2, 0) is 9.59 Å². The summed E-state index contributed by atoms with van der Waals surface area (Å²) in [6.45, 7) is 4.57.